The fourth-order valence-corrected chi connectivity index (χ4v) is 2.31. The highest BCUT2D eigenvalue weighted by molar-refractivity contribution is 9.10. The Morgan fingerprint density at radius 2 is 1.93 bits per heavy atom. The molecule has 0 saturated carbocycles. The van der Waals surface area contributed by atoms with Gasteiger partial charge in [0.2, 0.25) is 0 Å². The van der Waals surface area contributed by atoms with E-state index in [1.54, 1.807) is 0 Å². The maximum Gasteiger partial charge on any atom is 0.0548 e. The van der Waals surface area contributed by atoms with Gasteiger partial charge >= 0.3 is 0 Å². The van der Waals surface area contributed by atoms with Crippen molar-refractivity contribution >= 4 is 27.5 Å². The van der Waals surface area contributed by atoms with E-state index in [0.29, 0.717) is 6.04 Å². The first kappa shape index (κ1) is 13.0. The molecule has 0 aliphatic carbocycles. The molecule has 0 aromatic heterocycles. The average Bonchev–Trinajstić information content (AvgIpc) is 2.10. The lowest BCUT2D eigenvalue weighted by Gasteiger charge is -2.31. The molecule has 3 heteroatoms. The van der Waals surface area contributed by atoms with Gasteiger partial charge in [0.15, 0.2) is 0 Å². The van der Waals surface area contributed by atoms with Crippen molar-refractivity contribution < 1.29 is 0 Å². The van der Waals surface area contributed by atoms with Gasteiger partial charge in [0, 0.05) is 10.5 Å². The molecule has 1 nitrogen and oxygen atoms in total. The van der Waals surface area contributed by atoms with Gasteiger partial charge < -0.3 is 5.32 Å². The van der Waals surface area contributed by atoms with Gasteiger partial charge in [-0.3, -0.25) is 0 Å². The monoisotopic (exact) mass is 289 g/mol. The van der Waals surface area contributed by atoms with E-state index in [1.807, 2.05) is 13.1 Å². The van der Waals surface area contributed by atoms with Crippen LogP contribution < -0.4 is 5.32 Å². The van der Waals surface area contributed by atoms with Crippen LogP contribution in [0.25, 0.3) is 0 Å². The highest BCUT2D eigenvalue weighted by Crippen LogP contribution is 2.35. The molecule has 0 aliphatic heterocycles. The minimum absolute atomic E-state index is 0.183. The molecule has 0 fully saturated rings. The van der Waals surface area contributed by atoms with E-state index in [2.05, 4.69) is 54.2 Å². The van der Waals surface area contributed by atoms with Crippen LogP contribution in [-0.4, -0.2) is 7.05 Å². The van der Waals surface area contributed by atoms with Crippen molar-refractivity contribution in [2.75, 3.05) is 7.05 Å². The third-order valence-corrected chi connectivity index (χ3v) is 3.65. The third-order valence-electron chi connectivity index (χ3n) is 2.43. The first-order valence-electron chi connectivity index (χ1n) is 4.98. The second kappa shape index (κ2) is 4.86. The molecule has 0 radical (unpaired) electrons. The Bertz CT molecular complexity index is 344. The summed E-state index contributed by atoms with van der Waals surface area (Å²) in [5, 5.41) is 4.09. The number of hydrogen-bond acceptors (Lipinski definition) is 1. The second-order valence-electron chi connectivity index (χ2n) is 4.76. The van der Waals surface area contributed by atoms with E-state index in [9.17, 15) is 0 Å². The van der Waals surface area contributed by atoms with Gasteiger partial charge in [-0.2, -0.15) is 0 Å². The van der Waals surface area contributed by atoms with Crippen LogP contribution in [0.3, 0.4) is 0 Å². The smallest absolute Gasteiger partial charge is 0.0548 e. The molecule has 15 heavy (non-hydrogen) atoms. The Hall–Kier alpha value is -0.0500. The largest absolute Gasteiger partial charge is 0.313 e. The van der Waals surface area contributed by atoms with Crippen molar-refractivity contribution in [1.29, 1.82) is 0 Å². The highest BCUT2D eigenvalue weighted by atomic mass is 79.9. The summed E-state index contributed by atoms with van der Waals surface area (Å²) in [6.07, 6.45) is 0. The molecular weight excluding hydrogens is 273 g/mol. The lowest BCUT2D eigenvalue weighted by Crippen LogP contribution is -2.29. The summed E-state index contributed by atoms with van der Waals surface area (Å²) >= 11 is 9.43. The fraction of sp³-hybridized carbons (Fsp3) is 0.500. The molecule has 0 spiro atoms. The minimum atomic E-state index is 0.183. The zero-order valence-electron chi connectivity index (χ0n) is 9.57. The molecule has 1 unspecified atom stereocenters. The first-order chi connectivity index (χ1) is 6.86. The Morgan fingerprint density at radius 3 is 2.33 bits per heavy atom. The first-order valence-corrected chi connectivity index (χ1v) is 6.15. The molecule has 1 N–H and O–H groups in total. The molecule has 1 aromatic carbocycles. The van der Waals surface area contributed by atoms with Crippen molar-refractivity contribution in [1.82, 2.24) is 5.32 Å². The van der Waals surface area contributed by atoms with Gasteiger partial charge in [0.1, 0.15) is 0 Å². The zero-order chi connectivity index (χ0) is 11.6. The topological polar surface area (TPSA) is 12.0 Å². The number of rotatable bonds is 2. The molecule has 0 saturated heterocycles. The number of nitrogens with one attached hydrogen (secondary N) is 1. The van der Waals surface area contributed by atoms with Crippen LogP contribution in [0.5, 0.6) is 0 Å². The van der Waals surface area contributed by atoms with Gasteiger partial charge in [-0.15, -0.1) is 0 Å². The number of hydrogen-bond donors (Lipinski definition) is 1. The van der Waals surface area contributed by atoms with E-state index >= 15 is 0 Å². The molecule has 1 atom stereocenters. The SMILES string of the molecule is CNC(c1ccc(Cl)c(Br)c1)C(C)(C)C. The Kier molecular flexibility index (Phi) is 4.21. The number of halogens is 2. The van der Waals surface area contributed by atoms with Crippen molar-refractivity contribution in [3.8, 4) is 0 Å². The predicted octanol–water partition coefficient (Wildman–Crippen LogP) is 4.41. The summed E-state index contributed by atoms with van der Waals surface area (Å²) in [6, 6.07) is 6.40. The van der Waals surface area contributed by atoms with Crippen LogP contribution in [-0.2, 0) is 0 Å². The van der Waals surface area contributed by atoms with Gasteiger partial charge in [-0.1, -0.05) is 38.4 Å². The summed E-state index contributed by atoms with van der Waals surface area (Å²) in [6.45, 7) is 6.66. The Morgan fingerprint density at radius 1 is 1.33 bits per heavy atom. The third kappa shape index (κ3) is 3.20. The van der Waals surface area contributed by atoms with Crippen LogP contribution >= 0.6 is 27.5 Å². The van der Waals surface area contributed by atoms with Gasteiger partial charge in [0.05, 0.1) is 5.02 Å². The van der Waals surface area contributed by atoms with Crippen molar-refractivity contribution in [2.45, 2.75) is 26.8 Å². The van der Waals surface area contributed by atoms with E-state index < -0.39 is 0 Å². The molecular formula is C12H17BrClN. The standard InChI is InChI=1S/C12H17BrClN/c1-12(2,3)11(15-4)8-5-6-10(14)9(13)7-8/h5-7,11,15H,1-4H3. The van der Waals surface area contributed by atoms with E-state index in [4.69, 9.17) is 11.6 Å². The maximum absolute atomic E-state index is 5.98. The van der Waals surface area contributed by atoms with Gasteiger partial charge in [-0.25, -0.2) is 0 Å². The molecule has 1 aromatic rings. The van der Waals surface area contributed by atoms with Crippen LogP contribution in [0, 0.1) is 5.41 Å². The van der Waals surface area contributed by atoms with Crippen LogP contribution in [0.2, 0.25) is 5.02 Å². The maximum atomic E-state index is 5.98. The molecule has 0 amide bonds. The normalized spacial score (nSPS) is 14.0. The van der Waals surface area contributed by atoms with Crippen LogP contribution in [0.1, 0.15) is 32.4 Å². The summed E-state index contributed by atoms with van der Waals surface area (Å²) in [7, 11) is 1.98. The van der Waals surface area contributed by atoms with Crippen molar-refractivity contribution in [2.24, 2.45) is 5.41 Å². The predicted molar refractivity (Wildman–Crippen MR) is 70.4 cm³/mol. The quantitative estimate of drug-likeness (QED) is 0.851. The van der Waals surface area contributed by atoms with Crippen molar-refractivity contribution in [3.05, 3.63) is 33.3 Å². The molecule has 84 valence electrons. The second-order valence-corrected chi connectivity index (χ2v) is 6.02. The van der Waals surface area contributed by atoms with Gasteiger partial charge in [0.25, 0.3) is 0 Å². The lowest BCUT2D eigenvalue weighted by molar-refractivity contribution is 0.287. The van der Waals surface area contributed by atoms with Gasteiger partial charge in [-0.05, 0) is 46.1 Å². The van der Waals surface area contributed by atoms with E-state index in [1.165, 1.54) is 5.56 Å². The average molecular weight is 291 g/mol. The fourth-order valence-electron chi connectivity index (χ4n) is 1.79. The summed E-state index contributed by atoms with van der Waals surface area (Å²) < 4.78 is 0.950. The number of benzene rings is 1. The Labute approximate surface area is 105 Å². The van der Waals surface area contributed by atoms with Crippen LogP contribution in [0.15, 0.2) is 22.7 Å². The van der Waals surface area contributed by atoms with E-state index in [-0.39, 0.29) is 5.41 Å². The summed E-state index contributed by atoms with van der Waals surface area (Å²) in [4.78, 5) is 0. The summed E-state index contributed by atoms with van der Waals surface area (Å²) in [5.74, 6) is 0. The molecule has 0 bridgehead atoms. The molecule has 0 heterocycles. The zero-order valence-corrected chi connectivity index (χ0v) is 11.9. The Balaban J connectivity index is 3.08. The van der Waals surface area contributed by atoms with E-state index in [0.717, 1.165) is 9.50 Å². The molecule has 0 aliphatic rings. The minimum Gasteiger partial charge on any atom is -0.313 e. The summed E-state index contributed by atoms with van der Waals surface area (Å²) in [5.41, 5.74) is 1.43. The highest BCUT2D eigenvalue weighted by Gasteiger charge is 2.24. The van der Waals surface area contributed by atoms with Crippen LogP contribution in [0.4, 0.5) is 0 Å². The van der Waals surface area contributed by atoms with Crippen molar-refractivity contribution in [3.63, 3.8) is 0 Å². The molecule has 1 rings (SSSR count). The lowest BCUT2D eigenvalue weighted by atomic mass is 9.82.